The zero-order chi connectivity index (χ0) is 21.1. The molecular weight excluding hydrogens is 368 g/mol. The fourth-order valence-electron chi connectivity index (χ4n) is 2.03. The molecule has 0 saturated carbocycles. The van der Waals surface area contributed by atoms with Crippen LogP contribution in [-0.2, 0) is 9.47 Å². The number of carbonyl (C=O) groups is 4. The summed E-state index contributed by atoms with van der Waals surface area (Å²) in [6.45, 7) is 4.15. The molecule has 0 aliphatic heterocycles. The van der Waals surface area contributed by atoms with Crippen molar-refractivity contribution in [1.82, 2.24) is 0 Å². The van der Waals surface area contributed by atoms with Crippen LogP contribution in [0.5, 0.6) is 0 Å². The van der Waals surface area contributed by atoms with Gasteiger partial charge in [0.2, 0.25) is 0 Å². The van der Waals surface area contributed by atoms with Crippen molar-refractivity contribution in [3.63, 3.8) is 0 Å². The molecule has 0 aromatic heterocycles. The van der Waals surface area contributed by atoms with Gasteiger partial charge in [-0.3, -0.25) is 0 Å². The summed E-state index contributed by atoms with van der Waals surface area (Å²) in [4.78, 5) is 43.6. The van der Waals surface area contributed by atoms with E-state index in [2.05, 4.69) is 0 Å². The van der Waals surface area contributed by atoms with Crippen LogP contribution < -0.4 is 0 Å². The molecule has 0 aliphatic rings. The summed E-state index contributed by atoms with van der Waals surface area (Å²) in [5, 5.41) is 17.1. The third-order valence-corrected chi connectivity index (χ3v) is 3.30. The third kappa shape index (κ3) is 6.56. The maximum Gasteiger partial charge on any atom is 0.338 e. The maximum absolute atomic E-state index is 11.3. The summed E-state index contributed by atoms with van der Waals surface area (Å²) in [6, 6.07) is 11.7. The van der Waals surface area contributed by atoms with E-state index in [1.807, 2.05) is 0 Å². The standard InChI is InChI=1S/C12H14O4.C8H6O4/c1-3-15-11(13)9-5-7-10(8-6-9)12(14)16-4-2;9-7(10)5-3-1-2-4-6(5)8(11)12/h5-8H,3-4H2,1-2H3;1-4H,(H,9,10)(H,11,12). The Bertz CT molecular complexity index is 770. The quantitative estimate of drug-likeness (QED) is 0.723. The average Bonchev–Trinajstić information content (AvgIpc) is 2.69. The van der Waals surface area contributed by atoms with Gasteiger partial charge in [0.1, 0.15) is 0 Å². The van der Waals surface area contributed by atoms with Gasteiger partial charge >= 0.3 is 23.9 Å². The SMILES string of the molecule is CCOC(=O)c1ccc(C(=O)OCC)cc1.O=C(O)c1ccccc1C(=O)O. The normalized spacial score (nSPS) is 9.50. The lowest BCUT2D eigenvalue weighted by Gasteiger charge is -2.03. The molecule has 0 spiro atoms. The third-order valence-electron chi connectivity index (χ3n) is 3.30. The lowest BCUT2D eigenvalue weighted by Crippen LogP contribution is -2.07. The molecule has 0 atom stereocenters. The van der Waals surface area contributed by atoms with Gasteiger partial charge in [-0.25, -0.2) is 19.2 Å². The van der Waals surface area contributed by atoms with Crippen LogP contribution in [0.1, 0.15) is 55.3 Å². The van der Waals surface area contributed by atoms with Crippen molar-refractivity contribution in [2.45, 2.75) is 13.8 Å². The first-order chi connectivity index (χ1) is 13.3. The van der Waals surface area contributed by atoms with Crippen LogP contribution in [-0.4, -0.2) is 47.3 Å². The Hall–Kier alpha value is -3.68. The van der Waals surface area contributed by atoms with Crippen molar-refractivity contribution in [2.24, 2.45) is 0 Å². The molecule has 2 rings (SSSR count). The van der Waals surface area contributed by atoms with Gasteiger partial charge in [0, 0.05) is 0 Å². The fraction of sp³-hybridized carbons (Fsp3) is 0.200. The number of hydrogen-bond donors (Lipinski definition) is 2. The van der Waals surface area contributed by atoms with Crippen LogP contribution in [0.3, 0.4) is 0 Å². The molecule has 0 amide bonds. The maximum atomic E-state index is 11.3. The van der Waals surface area contributed by atoms with E-state index in [1.165, 1.54) is 24.3 Å². The zero-order valence-electron chi connectivity index (χ0n) is 15.4. The summed E-state index contributed by atoms with van der Waals surface area (Å²) in [5.41, 5.74) is 0.472. The number of carbonyl (C=O) groups excluding carboxylic acids is 2. The van der Waals surface area contributed by atoms with Gasteiger partial charge in [0.15, 0.2) is 0 Å². The Labute approximate surface area is 161 Å². The number of esters is 2. The number of benzene rings is 2. The Morgan fingerprint density at radius 3 is 1.25 bits per heavy atom. The van der Waals surface area contributed by atoms with Gasteiger partial charge in [0.05, 0.1) is 35.5 Å². The molecule has 8 nitrogen and oxygen atoms in total. The van der Waals surface area contributed by atoms with Crippen LogP contribution in [0, 0.1) is 0 Å². The number of hydrogen-bond acceptors (Lipinski definition) is 6. The summed E-state index contributed by atoms with van der Waals surface area (Å²) in [7, 11) is 0. The van der Waals surface area contributed by atoms with Crippen LogP contribution in [0.2, 0.25) is 0 Å². The minimum Gasteiger partial charge on any atom is -0.478 e. The minimum atomic E-state index is -1.23. The Morgan fingerprint density at radius 1 is 0.679 bits per heavy atom. The van der Waals surface area contributed by atoms with Crippen molar-refractivity contribution >= 4 is 23.9 Å². The van der Waals surface area contributed by atoms with Gasteiger partial charge in [-0.2, -0.15) is 0 Å². The molecule has 0 bridgehead atoms. The molecular formula is C20H20O8. The van der Waals surface area contributed by atoms with Gasteiger partial charge in [-0.05, 0) is 50.2 Å². The number of ether oxygens (including phenoxy) is 2. The molecule has 0 radical (unpaired) electrons. The molecule has 0 saturated heterocycles. The Kier molecular flexibility index (Phi) is 8.88. The highest BCUT2D eigenvalue weighted by atomic mass is 16.5. The van der Waals surface area contributed by atoms with Crippen molar-refractivity contribution in [2.75, 3.05) is 13.2 Å². The molecule has 28 heavy (non-hydrogen) atoms. The Morgan fingerprint density at radius 2 is 1.00 bits per heavy atom. The molecule has 0 aliphatic carbocycles. The van der Waals surface area contributed by atoms with Gasteiger partial charge in [-0.15, -0.1) is 0 Å². The first-order valence-electron chi connectivity index (χ1n) is 8.31. The van der Waals surface area contributed by atoms with E-state index in [0.29, 0.717) is 24.3 Å². The van der Waals surface area contributed by atoms with E-state index < -0.39 is 23.9 Å². The highest BCUT2D eigenvalue weighted by molar-refractivity contribution is 6.01. The van der Waals surface area contributed by atoms with E-state index >= 15 is 0 Å². The van der Waals surface area contributed by atoms with E-state index in [0.717, 1.165) is 0 Å². The first-order valence-corrected chi connectivity index (χ1v) is 8.31. The second-order valence-electron chi connectivity index (χ2n) is 5.17. The molecule has 148 valence electrons. The molecule has 2 aromatic carbocycles. The summed E-state index contributed by atoms with van der Waals surface area (Å²) >= 11 is 0. The van der Waals surface area contributed by atoms with Crippen LogP contribution in [0.15, 0.2) is 48.5 Å². The van der Waals surface area contributed by atoms with Crippen molar-refractivity contribution in [1.29, 1.82) is 0 Å². The van der Waals surface area contributed by atoms with Crippen molar-refractivity contribution in [3.05, 3.63) is 70.8 Å². The van der Waals surface area contributed by atoms with E-state index in [4.69, 9.17) is 19.7 Å². The van der Waals surface area contributed by atoms with Crippen molar-refractivity contribution in [3.8, 4) is 0 Å². The summed E-state index contributed by atoms with van der Waals surface area (Å²) < 4.78 is 9.64. The van der Waals surface area contributed by atoms with Gasteiger partial charge in [0.25, 0.3) is 0 Å². The lowest BCUT2D eigenvalue weighted by atomic mass is 10.1. The molecule has 0 unspecified atom stereocenters. The van der Waals surface area contributed by atoms with Gasteiger partial charge in [-0.1, -0.05) is 12.1 Å². The van der Waals surface area contributed by atoms with Crippen LogP contribution in [0.25, 0.3) is 0 Å². The fourth-order valence-corrected chi connectivity index (χ4v) is 2.03. The molecule has 0 heterocycles. The van der Waals surface area contributed by atoms with Crippen molar-refractivity contribution < 1.29 is 38.9 Å². The second kappa shape index (κ2) is 11.1. The second-order valence-corrected chi connectivity index (χ2v) is 5.17. The molecule has 0 fully saturated rings. The molecule has 2 N–H and O–H groups in total. The summed E-state index contributed by atoms with van der Waals surface area (Å²) in [6.07, 6.45) is 0. The lowest BCUT2D eigenvalue weighted by molar-refractivity contribution is 0.0511. The highest BCUT2D eigenvalue weighted by Gasteiger charge is 2.13. The highest BCUT2D eigenvalue weighted by Crippen LogP contribution is 2.08. The summed E-state index contributed by atoms with van der Waals surface area (Å²) in [5.74, 6) is -3.24. The minimum absolute atomic E-state index is 0.190. The number of carboxylic acids is 2. The zero-order valence-corrected chi connectivity index (χ0v) is 15.4. The van der Waals surface area contributed by atoms with E-state index in [-0.39, 0.29) is 11.1 Å². The van der Waals surface area contributed by atoms with Gasteiger partial charge < -0.3 is 19.7 Å². The predicted molar refractivity (Wildman–Crippen MR) is 98.7 cm³/mol. The number of carboxylic acid groups (broad SMARTS) is 2. The van der Waals surface area contributed by atoms with E-state index in [1.54, 1.807) is 38.1 Å². The topological polar surface area (TPSA) is 127 Å². The largest absolute Gasteiger partial charge is 0.478 e. The van der Waals surface area contributed by atoms with Crippen LogP contribution in [0.4, 0.5) is 0 Å². The monoisotopic (exact) mass is 388 g/mol. The number of aromatic carboxylic acids is 2. The first kappa shape index (κ1) is 22.4. The molecule has 2 aromatic rings. The Balaban J connectivity index is 0.000000292. The van der Waals surface area contributed by atoms with E-state index in [9.17, 15) is 19.2 Å². The smallest absolute Gasteiger partial charge is 0.338 e. The average molecular weight is 388 g/mol. The number of rotatable bonds is 6. The van der Waals surface area contributed by atoms with Crippen LogP contribution >= 0.6 is 0 Å². The predicted octanol–water partition coefficient (Wildman–Crippen LogP) is 3.12. The molecule has 8 heteroatoms.